The van der Waals surface area contributed by atoms with Crippen molar-refractivity contribution in [2.24, 2.45) is 28.1 Å². The van der Waals surface area contributed by atoms with E-state index >= 15 is 0 Å². The van der Waals surface area contributed by atoms with Crippen LogP contribution in [0.2, 0.25) is 0 Å². The van der Waals surface area contributed by atoms with Crippen molar-refractivity contribution in [3.05, 3.63) is 18.2 Å². The van der Waals surface area contributed by atoms with Crippen LogP contribution in [0.15, 0.2) is 17.5 Å². The molecule has 2 amide bonds. The summed E-state index contributed by atoms with van der Waals surface area (Å²) in [4.78, 5) is 47.0. The van der Waals surface area contributed by atoms with E-state index in [1.54, 1.807) is 13.8 Å². The highest BCUT2D eigenvalue weighted by atomic mass is 16.4. The quantitative estimate of drug-likeness (QED) is 0.116. The van der Waals surface area contributed by atoms with Gasteiger partial charge in [0.25, 0.3) is 0 Å². The third kappa shape index (κ3) is 8.60. The number of imidazole rings is 1. The first-order valence-electron chi connectivity index (χ1n) is 9.23. The Bertz CT molecular complexity index is 700. The molecule has 0 bridgehead atoms. The number of aromatic amines is 1. The number of carbonyl (C=O) groups excluding carboxylic acids is 2. The molecule has 0 unspecified atom stereocenters. The van der Waals surface area contributed by atoms with Gasteiger partial charge in [0.15, 0.2) is 5.96 Å². The van der Waals surface area contributed by atoms with E-state index in [9.17, 15) is 19.5 Å². The smallest absolute Gasteiger partial charge is 0.326 e. The number of H-pyrrole nitrogens is 1. The Labute approximate surface area is 168 Å². The average molecular weight is 410 g/mol. The van der Waals surface area contributed by atoms with Gasteiger partial charge >= 0.3 is 5.97 Å². The fourth-order valence-corrected chi connectivity index (χ4v) is 2.52. The van der Waals surface area contributed by atoms with Gasteiger partial charge in [-0.1, -0.05) is 13.8 Å². The molecule has 0 aliphatic heterocycles. The zero-order valence-electron chi connectivity index (χ0n) is 16.6. The number of carboxylic acids is 1. The summed E-state index contributed by atoms with van der Waals surface area (Å²) in [7, 11) is 0. The first kappa shape index (κ1) is 23.9. The lowest BCUT2D eigenvalue weighted by Crippen LogP contribution is -2.56. The monoisotopic (exact) mass is 410 g/mol. The summed E-state index contributed by atoms with van der Waals surface area (Å²) in [6.45, 7) is 3.68. The van der Waals surface area contributed by atoms with Crippen molar-refractivity contribution >= 4 is 23.7 Å². The molecule has 10 N–H and O–H groups in total. The Morgan fingerprint density at radius 2 is 1.93 bits per heavy atom. The summed E-state index contributed by atoms with van der Waals surface area (Å²) in [5.41, 5.74) is 17.0. The van der Waals surface area contributed by atoms with E-state index in [1.807, 2.05) is 0 Å². The number of hydrogen-bond acceptors (Lipinski definition) is 6. The van der Waals surface area contributed by atoms with Crippen LogP contribution in [0, 0.1) is 5.92 Å². The number of carboxylic acid groups (broad SMARTS) is 1. The largest absolute Gasteiger partial charge is 0.480 e. The number of carbonyl (C=O) groups is 3. The van der Waals surface area contributed by atoms with Gasteiger partial charge in [-0.3, -0.25) is 14.6 Å². The van der Waals surface area contributed by atoms with Gasteiger partial charge in [0, 0.05) is 24.9 Å². The van der Waals surface area contributed by atoms with Crippen molar-refractivity contribution in [1.82, 2.24) is 20.6 Å². The van der Waals surface area contributed by atoms with E-state index in [0.717, 1.165) is 0 Å². The number of aromatic nitrogens is 2. The predicted molar refractivity (Wildman–Crippen MR) is 107 cm³/mol. The number of guanidine groups is 1. The van der Waals surface area contributed by atoms with Gasteiger partial charge in [0.05, 0.1) is 12.4 Å². The third-order valence-electron chi connectivity index (χ3n) is 4.15. The molecule has 0 aliphatic carbocycles. The highest BCUT2D eigenvalue weighted by Gasteiger charge is 2.29. The van der Waals surface area contributed by atoms with Gasteiger partial charge in [-0.2, -0.15) is 0 Å². The molecule has 12 heteroatoms. The van der Waals surface area contributed by atoms with Crippen LogP contribution in [0.25, 0.3) is 0 Å². The zero-order chi connectivity index (χ0) is 22.0. The number of nitrogens with two attached hydrogens (primary N) is 3. The molecule has 162 valence electrons. The molecule has 1 heterocycles. The van der Waals surface area contributed by atoms with Crippen LogP contribution in [0.1, 0.15) is 32.4 Å². The first-order chi connectivity index (χ1) is 13.6. The molecule has 0 radical (unpaired) electrons. The molecule has 3 atom stereocenters. The summed E-state index contributed by atoms with van der Waals surface area (Å²) in [5, 5.41) is 14.3. The molecule has 29 heavy (non-hydrogen) atoms. The molecule has 0 spiro atoms. The van der Waals surface area contributed by atoms with Gasteiger partial charge in [0.1, 0.15) is 12.1 Å². The molecular formula is C17H30N8O4. The van der Waals surface area contributed by atoms with Gasteiger partial charge in [-0.25, -0.2) is 9.78 Å². The van der Waals surface area contributed by atoms with E-state index in [4.69, 9.17) is 17.2 Å². The minimum Gasteiger partial charge on any atom is -0.480 e. The van der Waals surface area contributed by atoms with Crippen LogP contribution < -0.4 is 27.8 Å². The topological polar surface area (TPSA) is 215 Å². The van der Waals surface area contributed by atoms with Crippen molar-refractivity contribution < 1.29 is 19.5 Å². The minimum absolute atomic E-state index is 0.0440. The van der Waals surface area contributed by atoms with Crippen LogP contribution >= 0.6 is 0 Å². The maximum Gasteiger partial charge on any atom is 0.326 e. The number of amides is 2. The van der Waals surface area contributed by atoms with Crippen LogP contribution in [0.3, 0.4) is 0 Å². The van der Waals surface area contributed by atoms with E-state index in [1.165, 1.54) is 12.5 Å². The lowest BCUT2D eigenvalue weighted by atomic mass is 10.0. The van der Waals surface area contributed by atoms with E-state index in [2.05, 4.69) is 25.6 Å². The Hall–Kier alpha value is -3.15. The average Bonchev–Trinajstić information content (AvgIpc) is 3.14. The van der Waals surface area contributed by atoms with E-state index in [0.29, 0.717) is 25.1 Å². The van der Waals surface area contributed by atoms with Crippen molar-refractivity contribution in [2.45, 2.75) is 51.2 Å². The van der Waals surface area contributed by atoms with Crippen LogP contribution in [-0.4, -0.2) is 63.5 Å². The number of nitrogens with one attached hydrogen (secondary N) is 3. The summed E-state index contributed by atoms with van der Waals surface area (Å²) in [6, 6.07) is -2.98. The van der Waals surface area contributed by atoms with E-state index in [-0.39, 0.29) is 18.3 Å². The lowest BCUT2D eigenvalue weighted by molar-refractivity contribution is -0.143. The van der Waals surface area contributed by atoms with Crippen molar-refractivity contribution in [3.8, 4) is 0 Å². The first-order valence-corrected chi connectivity index (χ1v) is 9.23. The Kier molecular flexibility index (Phi) is 9.59. The zero-order valence-corrected chi connectivity index (χ0v) is 16.6. The number of nitrogens with zero attached hydrogens (tertiary/aromatic N) is 2. The molecule has 0 saturated carbocycles. The van der Waals surface area contributed by atoms with Gasteiger partial charge in [0.2, 0.25) is 11.8 Å². The molecule has 1 aromatic rings. The van der Waals surface area contributed by atoms with Crippen molar-refractivity contribution in [2.75, 3.05) is 6.54 Å². The molecule has 12 nitrogen and oxygen atoms in total. The van der Waals surface area contributed by atoms with Crippen molar-refractivity contribution in [3.63, 3.8) is 0 Å². The van der Waals surface area contributed by atoms with Gasteiger partial charge < -0.3 is 37.9 Å². The molecule has 0 fully saturated rings. The second-order valence-corrected chi connectivity index (χ2v) is 6.97. The molecule has 0 saturated heterocycles. The highest BCUT2D eigenvalue weighted by Crippen LogP contribution is 2.06. The van der Waals surface area contributed by atoms with Crippen LogP contribution in [-0.2, 0) is 20.8 Å². The molecule has 1 rings (SSSR count). The summed E-state index contributed by atoms with van der Waals surface area (Å²) >= 11 is 0. The van der Waals surface area contributed by atoms with Crippen LogP contribution in [0.4, 0.5) is 0 Å². The maximum atomic E-state index is 12.7. The fourth-order valence-electron chi connectivity index (χ4n) is 2.52. The van der Waals surface area contributed by atoms with Crippen molar-refractivity contribution in [1.29, 1.82) is 0 Å². The highest BCUT2D eigenvalue weighted by molar-refractivity contribution is 5.92. The number of rotatable bonds is 12. The predicted octanol–water partition coefficient (Wildman–Crippen LogP) is -1.96. The molecule has 0 aromatic carbocycles. The Balaban J connectivity index is 2.78. The summed E-state index contributed by atoms with van der Waals surface area (Å²) in [6.07, 6.45) is 3.85. The number of aliphatic imine (C=N–C) groups is 1. The lowest BCUT2D eigenvalue weighted by Gasteiger charge is -2.24. The molecular weight excluding hydrogens is 380 g/mol. The molecule has 1 aromatic heterocycles. The van der Waals surface area contributed by atoms with E-state index < -0.39 is 35.9 Å². The summed E-state index contributed by atoms with van der Waals surface area (Å²) in [5.74, 6) is -2.70. The molecule has 0 aliphatic rings. The van der Waals surface area contributed by atoms with Gasteiger partial charge in [-0.15, -0.1) is 0 Å². The van der Waals surface area contributed by atoms with Crippen LogP contribution in [0.5, 0.6) is 0 Å². The Morgan fingerprint density at radius 3 is 2.45 bits per heavy atom. The fraction of sp³-hybridized carbons (Fsp3) is 0.588. The second-order valence-electron chi connectivity index (χ2n) is 6.97. The second kappa shape index (κ2) is 11.6. The standard InChI is InChI=1S/C17H30N8O4/c1-9(2)13(16(28)29)25-15(27)12(6-10-7-21-8-23-10)24-14(26)11(18)4-3-5-22-17(19)20/h7-9,11-13H,3-6,18H2,1-2H3,(H,21,23)(H,24,26)(H,25,27)(H,28,29)(H4,19,20,22)/t11-,12-,13-/m0/s1. The maximum absolute atomic E-state index is 12.7. The normalized spacial score (nSPS) is 13.9. The third-order valence-corrected chi connectivity index (χ3v) is 4.15. The summed E-state index contributed by atoms with van der Waals surface area (Å²) < 4.78 is 0. The number of aliphatic carboxylic acids is 1. The number of hydrogen-bond donors (Lipinski definition) is 7. The minimum atomic E-state index is -1.16. The van der Waals surface area contributed by atoms with Gasteiger partial charge in [-0.05, 0) is 18.8 Å². The Morgan fingerprint density at radius 1 is 1.24 bits per heavy atom. The SMILES string of the molecule is CC(C)[C@H](NC(=O)[C@H](Cc1cnc[nH]1)NC(=O)[C@@H](N)CCCN=C(N)N)C(=O)O.